The first-order valence-electron chi connectivity index (χ1n) is 10.1. The van der Waals surface area contributed by atoms with Crippen LogP contribution in [0, 0.1) is 0 Å². The maximum atomic E-state index is 13.8. The summed E-state index contributed by atoms with van der Waals surface area (Å²) in [5.74, 6) is -2.02. The van der Waals surface area contributed by atoms with Gasteiger partial charge < -0.3 is 20.3 Å². The topological polar surface area (TPSA) is 95.9 Å². The van der Waals surface area contributed by atoms with Gasteiger partial charge in [0.1, 0.15) is 11.5 Å². The van der Waals surface area contributed by atoms with Crippen LogP contribution >= 0.6 is 0 Å². The van der Waals surface area contributed by atoms with Crippen molar-refractivity contribution in [2.24, 2.45) is 0 Å². The highest BCUT2D eigenvalue weighted by atomic mass is 19.4. The third-order valence-corrected chi connectivity index (χ3v) is 5.40. The maximum Gasteiger partial charge on any atom is 0.419 e. The number of halogens is 3. The number of phenols is 1. The number of aromatic hydroxyl groups is 1. The molecule has 34 heavy (non-hydrogen) atoms. The molecule has 9 heteroatoms. The third-order valence-electron chi connectivity index (χ3n) is 5.40. The van der Waals surface area contributed by atoms with Crippen LogP contribution < -0.4 is 10.1 Å². The molecule has 3 rings (SSSR count). The maximum absolute atomic E-state index is 13.8. The van der Waals surface area contributed by atoms with Gasteiger partial charge in [-0.25, -0.2) is 0 Å². The van der Waals surface area contributed by atoms with Crippen molar-refractivity contribution in [2.75, 3.05) is 7.11 Å². The zero-order valence-corrected chi connectivity index (χ0v) is 18.3. The fourth-order valence-electron chi connectivity index (χ4n) is 3.41. The molecule has 0 radical (unpaired) electrons. The molecule has 0 spiro atoms. The summed E-state index contributed by atoms with van der Waals surface area (Å²) < 4.78 is 46.7. The van der Waals surface area contributed by atoms with E-state index in [0.717, 1.165) is 0 Å². The molecular weight excluding hydrogens is 451 g/mol. The van der Waals surface area contributed by atoms with Crippen LogP contribution in [0.25, 0.3) is 0 Å². The third kappa shape index (κ3) is 4.89. The number of amides is 1. The van der Waals surface area contributed by atoms with Gasteiger partial charge in [0.2, 0.25) is 0 Å². The van der Waals surface area contributed by atoms with Crippen LogP contribution in [-0.4, -0.2) is 40.8 Å². The Hall–Kier alpha value is -3.85. The van der Waals surface area contributed by atoms with Crippen molar-refractivity contribution in [2.45, 2.75) is 24.7 Å². The quantitative estimate of drug-likeness (QED) is 0.442. The van der Waals surface area contributed by atoms with Crippen LogP contribution in [-0.2, 0) is 0 Å². The molecule has 3 aromatic carbocycles. The number of rotatable bonds is 7. The summed E-state index contributed by atoms with van der Waals surface area (Å²) in [7, 11) is 1.19. The van der Waals surface area contributed by atoms with Crippen molar-refractivity contribution in [3.05, 3.63) is 95.1 Å². The number of ether oxygens (including phenoxy) is 1. The molecule has 0 bridgehead atoms. The minimum Gasteiger partial charge on any atom is -0.507 e. The number of hydrogen-bond donors (Lipinski definition) is 3. The van der Waals surface area contributed by atoms with Crippen molar-refractivity contribution in [3.8, 4) is 11.5 Å². The Kier molecular flexibility index (Phi) is 6.97. The Bertz CT molecular complexity index is 1190. The van der Waals surface area contributed by atoms with Crippen molar-refractivity contribution in [1.82, 2.24) is 5.32 Å². The molecule has 3 aromatic rings. The van der Waals surface area contributed by atoms with Gasteiger partial charge in [0, 0.05) is 16.7 Å². The van der Waals surface area contributed by atoms with Crippen molar-refractivity contribution < 1.29 is 37.7 Å². The molecule has 0 aliphatic heterocycles. The van der Waals surface area contributed by atoms with E-state index in [4.69, 9.17) is 4.74 Å². The van der Waals surface area contributed by atoms with Crippen molar-refractivity contribution in [3.63, 3.8) is 0 Å². The zero-order valence-electron chi connectivity index (χ0n) is 18.3. The van der Waals surface area contributed by atoms with Crippen LogP contribution in [0.4, 0.5) is 13.2 Å². The molecule has 0 aromatic heterocycles. The highest BCUT2D eigenvalue weighted by Crippen LogP contribution is 2.43. The van der Waals surface area contributed by atoms with E-state index in [1.165, 1.54) is 49.6 Å². The molecule has 6 nitrogen and oxygen atoms in total. The van der Waals surface area contributed by atoms with Crippen LogP contribution in [0.15, 0.2) is 72.8 Å². The highest BCUT2D eigenvalue weighted by Gasteiger charge is 2.56. The summed E-state index contributed by atoms with van der Waals surface area (Å²) in [6.07, 6.45) is -5.15. The highest BCUT2D eigenvalue weighted by molar-refractivity contribution is 6.09. The van der Waals surface area contributed by atoms with Gasteiger partial charge in [-0.1, -0.05) is 54.6 Å². The van der Waals surface area contributed by atoms with Gasteiger partial charge in [-0.15, -0.1) is 0 Å². The minimum atomic E-state index is -5.15. The van der Waals surface area contributed by atoms with Crippen LogP contribution in [0.5, 0.6) is 11.5 Å². The van der Waals surface area contributed by atoms with Crippen molar-refractivity contribution >= 4 is 11.7 Å². The molecule has 0 saturated carbocycles. The number of alkyl halides is 3. The number of ketones is 1. The summed E-state index contributed by atoms with van der Waals surface area (Å²) >= 11 is 0. The van der Waals surface area contributed by atoms with E-state index in [1.807, 2.05) is 0 Å². The predicted molar refractivity (Wildman–Crippen MR) is 118 cm³/mol. The first kappa shape index (κ1) is 24.8. The Balaban J connectivity index is 2.07. The summed E-state index contributed by atoms with van der Waals surface area (Å²) in [5.41, 5.74) is -3.41. The summed E-state index contributed by atoms with van der Waals surface area (Å²) in [6.45, 7) is 0.519. The van der Waals surface area contributed by atoms with E-state index in [0.29, 0.717) is 12.5 Å². The van der Waals surface area contributed by atoms with Gasteiger partial charge >= 0.3 is 6.18 Å². The van der Waals surface area contributed by atoms with Gasteiger partial charge in [0.15, 0.2) is 11.4 Å². The number of benzene rings is 3. The molecule has 2 unspecified atom stereocenters. The van der Waals surface area contributed by atoms with E-state index < -0.39 is 29.5 Å². The van der Waals surface area contributed by atoms with E-state index >= 15 is 0 Å². The van der Waals surface area contributed by atoms with E-state index in [-0.39, 0.29) is 28.2 Å². The van der Waals surface area contributed by atoms with Gasteiger partial charge in [0.05, 0.1) is 18.7 Å². The number of para-hydroxylation sites is 1. The molecule has 178 valence electrons. The molecule has 0 aliphatic rings. The number of hydrogen-bond acceptors (Lipinski definition) is 5. The van der Waals surface area contributed by atoms with E-state index in [2.05, 4.69) is 5.32 Å². The van der Waals surface area contributed by atoms with Crippen LogP contribution in [0.3, 0.4) is 0 Å². The molecule has 0 fully saturated rings. The molecular formula is C25H22F3NO5. The molecule has 0 heterocycles. The molecule has 0 saturated heterocycles. The normalized spacial score (nSPS) is 14.1. The second-order valence-corrected chi connectivity index (χ2v) is 7.72. The number of phenolic OH excluding ortho intramolecular Hbond substituents is 1. The monoisotopic (exact) mass is 473 g/mol. The largest absolute Gasteiger partial charge is 0.507 e. The second kappa shape index (κ2) is 9.56. The number of carbonyl (C=O) groups is 2. The van der Waals surface area contributed by atoms with E-state index in [9.17, 15) is 33.0 Å². The van der Waals surface area contributed by atoms with Gasteiger partial charge in [-0.3, -0.25) is 9.59 Å². The first-order chi connectivity index (χ1) is 16.0. The lowest BCUT2D eigenvalue weighted by Gasteiger charge is -2.36. The Labute approximate surface area is 193 Å². The average molecular weight is 473 g/mol. The Morgan fingerprint density at radius 3 is 2.15 bits per heavy atom. The lowest BCUT2D eigenvalue weighted by atomic mass is 9.87. The Morgan fingerprint density at radius 1 is 0.941 bits per heavy atom. The number of nitrogens with one attached hydrogen (secondary N) is 1. The summed E-state index contributed by atoms with van der Waals surface area (Å²) in [5, 5.41) is 22.6. The smallest absolute Gasteiger partial charge is 0.419 e. The average Bonchev–Trinajstić information content (AvgIpc) is 2.81. The van der Waals surface area contributed by atoms with Gasteiger partial charge in [-0.2, -0.15) is 13.2 Å². The van der Waals surface area contributed by atoms with Crippen molar-refractivity contribution in [1.29, 1.82) is 0 Å². The minimum absolute atomic E-state index is 0.143. The lowest BCUT2D eigenvalue weighted by Crippen LogP contribution is -2.53. The van der Waals surface area contributed by atoms with Crippen LogP contribution in [0.2, 0.25) is 0 Å². The fraction of sp³-hybridized carbons (Fsp3) is 0.200. The predicted octanol–water partition coefficient (Wildman–Crippen LogP) is 4.42. The zero-order chi connectivity index (χ0) is 25.1. The summed E-state index contributed by atoms with van der Waals surface area (Å²) in [4.78, 5) is 25.5. The fourth-order valence-corrected chi connectivity index (χ4v) is 3.41. The lowest BCUT2D eigenvalue weighted by molar-refractivity contribution is -0.263. The standard InChI is InChI=1S/C25H22F3NO5/c1-24(33,25(26,27)28)22(29-23(32)17-10-6-7-11-19(17)30)18-13-12-16(14-20(18)34-2)21(31)15-8-4-3-5-9-15/h3-14,22,30,33H,1-2H3,(H,29,32). The molecule has 1 amide bonds. The van der Waals surface area contributed by atoms with Gasteiger partial charge in [-0.05, 0) is 25.1 Å². The number of aliphatic hydroxyl groups is 1. The molecule has 2 atom stereocenters. The number of carbonyl (C=O) groups excluding carboxylic acids is 2. The second-order valence-electron chi connectivity index (χ2n) is 7.72. The summed E-state index contributed by atoms with van der Waals surface area (Å²) in [6, 6.07) is 15.2. The molecule has 3 N–H and O–H groups in total. The Morgan fingerprint density at radius 2 is 1.56 bits per heavy atom. The first-order valence-corrected chi connectivity index (χ1v) is 10.1. The van der Waals surface area contributed by atoms with E-state index in [1.54, 1.807) is 30.3 Å². The SMILES string of the molecule is COc1cc(C(=O)c2ccccc2)ccc1C(NC(=O)c1ccccc1O)C(C)(O)C(F)(F)F. The van der Waals surface area contributed by atoms with Crippen LogP contribution in [0.1, 0.15) is 44.8 Å². The number of methoxy groups -OCH3 is 1. The molecule has 0 aliphatic carbocycles. The van der Waals surface area contributed by atoms with Gasteiger partial charge in [0.25, 0.3) is 5.91 Å².